The van der Waals surface area contributed by atoms with Crippen LogP contribution >= 0.6 is 54.8 Å². The van der Waals surface area contributed by atoms with Crippen LogP contribution in [0.3, 0.4) is 0 Å². The molecule has 0 radical (unpaired) electrons. The van der Waals surface area contributed by atoms with Crippen LogP contribution in [0.25, 0.3) is 10.9 Å². The molecule has 4 aliphatic heterocycles. The zero-order valence-electron chi connectivity index (χ0n) is 74.6. The number of aromatic hydroxyl groups is 1. The maximum atomic E-state index is 15.3. The van der Waals surface area contributed by atoms with E-state index in [1.54, 1.807) is 99.9 Å². The van der Waals surface area contributed by atoms with Crippen molar-refractivity contribution < 1.29 is 96.5 Å². The number of aliphatic hydroxyl groups is 2. The van der Waals surface area contributed by atoms with Crippen molar-refractivity contribution in [2.45, 2.75) is 241 Å². The number of hydrogen-bond acceptors (Lipinski definition) is 25. The lowest BCUT2D eigenvalue weighted by Crippen LogP contribution is -2.63. The highest BCUT2D eigenvalue weighted by Crippen LogP contribution is 2.50. The number of nitrogens with one attached hydrogen (secondary N) is 10. The Hall–Kier alpha value is -9.57. The van der Waals surface area contributed by atoms with E-state index in [0.29, 0.717) is 64.7 Å². The number of hydrogen-bond donors (Lipinski definition) is 14. The summed E-state index contributed by atoms with van der Waals surface area (Å²) in [6, 6.07) is 14.3. The molecule has 3 saturated heterocycles. The third kappa shape index (κ3) is 30.0. The number of aromatic amines is 1. The number of aromatic nitrogens is 1. The Morgan fingerprint density at radius 3 is 2.20 bits per heavy atom. The van der Waals surface area contributed by atoms with Crippen LogP contribution < -0.4 is 63.2 Å². The normalized spacial score (nSPS) is 25.5. The number of halogens is 1. The van der Waals surface area contributed by atoms with E-state index in [-0.39, 0.29) is 111 Å². The van der Waals surface area contributed by atoms with E-state index in [1.165, 1.54) is 78.6 Å². The predicted octanol–water partition coefficient (Wildman–Crippen LogP) is 7.37. The predicted molar refractivity (Wildman–Crippen MR) is 498 cm³/mol. The number of H-pyrrole nitrogens is 1. The molecule has 15 N–H and O–H groups in total. The SMILES string of the molecule is CCCCCCCC(=O)N[C@H](Cc1ccccc1)C(=O)N[C@H]1CSSC[C@@H](C(=O)NCCSSCCC(=O)N(C)[C@@H](C)C(=O)OC2CCC(=O)N(C)c3cc(cc(OC)c3Cl)C/C(C)=C/C=C/[C@@H](OC)[C@@]3(O)C[C@H](OC(=O)N3)[C@@H](C)[C@@H]3O[C@@]23C)NC(=O)[C@H]([C@@H](C)O)NC(=O)[C@H](CCCCN)NC(=O)[C@@H](Cc2c[nH]c3ccccc23)NC(=O)[C@H](Cc2ccc(O)cc2)NC1=O. The Kier molecular flexibility index (Phi) is 40.1. The van der Waals surface area contributed by atoms with E-state index in [0.717, 1.165) is 58.4 Å². The summed E-state index contributed by atoms with van der Waals surface area (Å²) < 4.78 is 29.9. The molecule has 5 aromatic rings. The number of para-hydroxylation sites is 1. The summed E-state index contributed by atoms with van der Waals surface area (Å²) in [6.45, 7) is 10.4. The highest BCUT2D eigenvalue weighted by Gasteiger charge is 2.64. The average molecular weight is 1880 g/mol. The monoisotopic (exact) mass is 1880 g/mol. The van der Waals surface area contributed by atoms with Crippen LogP contribution in [-0.2, 0) is 97.4 Å². The fourth-order valence-corrected chi connectivity index (χ4v) is 20.1. The van der Waals surface area contributed by atoms with Gasteiger partial charge in [0.15, 0.2) is 5.72 Å². The van der Waals surface area contributed by atoms with Crippen LogP contribution in [0, 0.1) is 5.92 Å². The molecule has 0 spiro atoms. The number of amides is 11. The van der Waals surface area contributed by atoms with Gasteiger partial charge in [0, 0.05) is 119 Å². The summed E-state index contributed by atoms with van der Waals surface area (Å²) in [6.07, 6.45) is 5.22. The largest absolute Gasteiger partial charge is 0.508 e. The van der Waals surface area contributed by atoms with Gasteiger partial charge in [0.1, 0.15) is 88.8 Å². The van der Waals surface area contributed by atoms with Crippen molar-refractivity contribution in [2.24, 2.45) is 11.7 Å². The number of likely N-dealkylation sites (N-methyl/N-ethyl adjacent to an activating group) is 1. The Labute approximate surface area is 773 Å². The third-order valence-corrected chi connectivity index (χ3v) is 28.6. The number of nitrogens with two attached hydrogens (primary N) is 1. The van der Waals surface area contributed by atoms with Crippen LogP contribution in [0.5, 0.6) is 11.5 Å². The van der Waals surface area contributed by atoms with E-state index in [1.807, 2.05) is 31.2 Å². The van der Waals surface area contributed by atoms with Gasteiger partial charge in [-0.1, -0.05) is 179 Å². The summed E-state index contributed by atoms with van der Waals surface area (Å²) >= 11 is 6.88. The number of methoxy groups -OCH3 is 2. The lowest BCUT2D eigenvalue weighted by atomic mass is 9.83. The molecule has 11 amide bonds. The van der Waals surface area contributed by atoms with Gasteiger partial charge in [-0.05, 0) is 125 Å². The lowest BCUT2D eigenvalue weighted by Gasteiger charge is -2.42. The molecule has 129 heavy (non-hydrogen) atoms. The van der Waals surface area contributed by atoms with Crippen molar-refractivity contribution in [3.8, 4) is 11.5 Å². The first-order valence-electron chi connectivity index (χ1n) is 43.7. The van der Waals surface area contributed by atoms with Gasteiger partial charge in [-0.3, -0.25) is 53.3 Å². The number of phenols is 1. The Morgan fingerprint density at radius 1 is 0.806 bits per heavy atom. The number of alkyl carbamates (subject to hydrolysis) is 1. The number of rotatable bonds is 33. The van der Waals surface area contributed by atoms with Crippen LogP contribution in [0.2, 0.25) is 5.02 Å². The minimum atomic E-state index is -1.93. The first-order valence-corrected chi connectivity index (χ1v) is 49.0. The zero-order valence-corrected chi connectivity index (χ0v) is 78.6. The number of epoxide rings is 1. The number of phenolic OH excluding ortho intramolecular Hbond substituents is 1. The molecule has 3 fully saturated rings. The molecule has 1 unspecified atom stereocenters. The molecule has 4 aromatic carbocycles. The summed E-state index contributed by atoms with van der Waals surface area (Å²) in [5.74, 6) is -8.32. The van der Waals surface area contributed by atoms with Gasteiger partial charge >= 0.3 is 12.1 Å². The van der Waals surface area contributed by atoms with Crippen LogP contribution in [-0.4, -0.2) is 251 Å². The van der Waals surface area contributed by atoms with Gasteiger partial charge in [-0.15, -0.1) is 0 Å². The second-order valence-corrected chi connectivity index (χ2v) is 38.9. The van der Waals surface area contributed by atoms with Crippen LogP contribution in [0.15, 0.2) is 121 Å². The van der Waals surface area contributed by atoms with Crippen LogP contribution in [0.1, 0.15) is 147 Å². The van der Waals surface area contributed by atoms with Gasteiger partial charge < -0.3 is 102 Å². The number of aliphatic hydroxyl groups excluding tert-OH is 1. The van der Waals surface area contributed by atoms with Crippen molar-refractivity contribution >= 4 is 143 Å². The number of esters is 1. The summed E-state index contributed by atoms with van der Waals surface area (Å²) in [5, 5.41) is 59.6. The van der Waals surface area contributed by atoms with Gasteiger partial charge in [-0.2, -0.15) is 0 Å². The zero-order chi connectivity index (χ0) is 93.7. The number of allylic oxidation sites excluding steroid dienone is 3. The number of ether oxygens (including phenoxy) is 5. The number of benzene rings is 4. The molecule has 1 aromatic heterocycles. The lowest BCUT2D eigenvalue weighted by molar-refractivity contribution is -0.161. The van der Waals surface area contributed by atoms with Gasteiger partial charge in [0.05, 0.1) is 25.0 Å². The Bertz CT molecular complexity index is 4750. The molecule has 38 heteroatoms. The summed E-state index contributed by atoms with van der Waals surface area (Å²) in [7, 11) is 10.5. The molecule has 704 valence electrons. The highest BCUT2D eigenvalue weighted by atomic mass is 35.5. The molecule has 4 bridgehead atoms. The fourth-order valence-electron chi connectivity index (χ4n) is 15.6. The maximum Gasteiger partial charge on any atom is 0.409 e. The molecule has 5 heterocycles. The average Bonchev–Trinajstić information content (AvgIpc) is 1.57. The fraction of sp³-hybridized carbons (Fsp3) is 0.538. The molecule has 4 aliphatic rings. The van der Waals surface area contributed by atoms with E-state index >= 15 is 14.4 Å². The minimum Gasteiger partial charge on any atom is -0.508 e. The topological polar surface area (TPSA) is 472 Å². The molecule has 16 atom stereocenters. The Balaban J connectivity index is 0.907. The van der Waals surface area contributed by atoms with E-state index in [2.05, 4.69) is 59.8 Å². The number of carbonyl (C=O) groups is 12. The van der Waals surface area contributed by atoms with Crippen molar-refractivity contribution in [3.63, 3.8) is 0 Å². The van der Waals surface area contributed by atoms with Crippen molar-refractivity contribution in [1.82, 2.24) is 57.7 Å². The standard InChI is InChI=1S/C91H124ClN13O20S4/c1-11-12-13-14-18-31-75(108)96-65(44-57-25-16-15-17-26-57)83(113)100-69-52-129-128-51-68(101-87(117)79(56(5)106)102-82(112)64(29-21-22-39-93)97-85(115)67(48-60-50-95-63-28-20-19-27-62(60)63)99-84(114)66(98-86(69)116)45-58-32-34-61(107)35-33-58)81(111)94-40-42-127-126-41-38-77(110)104(7)55(4)88(118)124-73-36-37-76(109)105(8)70-46-59(47-71(121-9)78(70)92)43-53(2)24-23-30-74(122-10)91(120)49-72(123-89(119)103-91)54(3)80-90(73,6)125-80/h15-17,19-20,23-28,30,32-35,46-47,50,54-56,64-69,72-74,79-80,95,106-107,120H,11-14,18,21-22,29,31,36-45,48-49,51-52,93H2,1-10H3,(H,94,111)(H,96,108)(H,97,115)(H,98,116)(H,99,114)(H,100,113)(H,101,117)(H,102,112)(H,103,119)/b30-23+,53-24+/t54-,55+,56-,64+,65-,66+,67-,68+,69+,72+,73?,74-,79+,80+,90+,91+/m1/s1. The second kappa shape index (κ2) is 50.2. The third-order valence-electron chi connectivity index (χ3n) is 23.4. The van der Waals surface area contributed by atoms with E-state index in [4.69, 9.17) is 41.0 Å². The first-order chi connectivity index (χ1) is 61.7. The summed E-state index contributed by atoms with van der Waals surface area (Å²) in [5.41, 5.74) is 7.20. The quantitative estimate of drug-likeness (QED) is 0.00843. The van der Waals surface area contributed by atoms with Gasteiger partial charge in [0.25, 0.3) is 0 Å². The Morgan fingerprint density at radius 2 is 1.49 bits per heavy atom. The smallest absolute Gasteiger partial charge is 0.409 e. The van der Waals surface area contributed by atoms with Crippen LogP contribution in [0.4, 0.5) is 10.5 Å². The van der Waals surface area contributed by atoms with Gasteiger partial charge in [0.2, 0.25) is 59.1 Å². The first kappa shape index (κ1) is 103. The van der Waals surface area contributed by atoms with E-state index < -0.39 is 161 Å². The van der Waals surface area contributed by atoms with E-state index in [9.17, 15) is 58.5 Å². The molecule has 0 aliphatic carbocycles. The summed E-state index contributed by atoms with van der Waals surface area (Å²) in [4.78, 5) is 180. The number of nitrogens with zero attached hydrogens (tertiary/aromatic N) is 2. The number of unbranched alkanes of at least 4 members (excludes halogenated alkanes) is 5. The molecular weight excluding hydrogens is 1760 g/mol. The van der Waals surface area contributed by atoms with Gasteiger partial charge in [-0.25, -0.2) is 9.59 Å². The number of anilines is 1. The van der Waals surface area contributed by atoms with Crippen molar-refractivity contribution in [2.75, 3.05) is 69.3 Å². The highest BCUT2D eigenvalue weighted by molar-refractivity contribution is 8.77. The van der Waals surface area contributed by atoms with Crippen molar-refractivity contribution in [1.29, 1.82) is 0 Å². The second-order valence-electron chi connectivity index (χ2n) is 33.2. The van der Waals surface area contributed by atoms with Crippen molar-refractivity contribution in [3.05, 3.63) is 148 Å². The minimum absolute atomic E-state index is 0.00179. The molecule has 9 rings (SSSR count). The maximum absolute atomic E-state index is 15.3. The molecule has 0 saturated carbocycles. The number of carbonyl (C=O) groups excluding carboxylic acids is 12. The number of fused-ring (bicyclic) bond motifs is 6. The molecule has 33 nitrogen and oxygen atoms in total. The molecular formula is C91H124ClN13O20S4.